The van der Waals surface area contributed by atoms with Crippen molar-refractivity contribution >= 4 is 74.6 Å². The van der Waals surface area contributed by atoms with Gasteiger partial charge in [0.1, 0.15) is 5.75 Å². The van der Waals surface area contributed by atoms with Crippen molar-refractivity contribution in [1.29, 1.82) is 0 Å². The molecule has 0 spiro atoms. The van der Waals surface area contributed by atoms with E-state index in [1.54, 1.807) is 36.4 Å². The Bertz CT molecular complexity index is 1580. The molecule has 1 aliphatic heterocycles. The van der Waals surface area contributed by atoms with Gasteiger partial charge in [0.15, 0.2) is 0 Å². The van der Waals surface area contributed by atoms with E-state index in [1.165, 1.54) is 0 Å². The van der Waals surface area contributed by atoms with Gasteiger partial charge in [-0.3, -0.25) is 14.5 Å². The van der Waals surface area contributed by atoms with Crippen LogP contribution in [0.4, 0.5) is 9.18 Å². The van der Waals surface area contributed by atoms with Gasteiger partial charge in [-0.25, -0.2) is 4.98 Å². The predicted octanol–water partition coefficient (Wildman–Crippen LogP) is 7.76. The fraction of sp³-hybridized carbons (Fsp3) is 0.0400. The number of thioether (sulfide) groups is 1. The minimum absolute atomic E-state index is 0.0302. The van der Waals surface area contributed by atoms with Crippen molar-refractivity contribution < 1.29 is 18.7 Å². The van der Waals surface area contributed by atoms with E-state index < -0.39 is 17.0 Å². The molecule has 0 saturated carbocycles. The molecular weight excluding hydrogens is 548 g/mol. The van der Waals surface area contributed by atoms with Crippen LogP contribution in [0.5, 0.6) is 11.6 Å². The second-order valence-corrected chi connectivity index (χ2v) is 9.75. The van der Waals surface area contributed by atoms with Crippen molar-refractivity contribution in [2.45, 2.75) is 6.54 Å². The lowest BCUT2D eigenvalue weighted by atomic mass is 10.0. The van der Waals surface area contributed by atoms with Gasteiger partial charge in [0.25, 0.3) is 17.0 Å². The summed E-state index contributed by atoms with van der Waals surface area (Å²) < 4.78 is 20.0. The van der Waals surface area contributed by atoms with Crippen LogP contribution >= 0.6 is 46.6 Å². The standard InChI is InChI=1S/C25H13Cl3FN3O3S/c26-17-7-5-13(9-18(17)27)12-32-23(33)21(36-25(32)34)10-16-15-4-2-1-3-14(15)6-8-20(16)35-22-19(29)11-30-24(28)31-22/h1-11H,12H2/b21-10+. The number of ether oxygens (including phenoxy) is 1. The number of fused-ring (bicyclic) bond motifs is 1. The first kappa shape index (κ1) is 24.5. The van der Waals surface area contributed by atoms with Gasteiger partial charge in [0, 0.05) is 5.56 Å². The number of nitrogens with zero attached hydrogens (tertiary/aromatic N) is 3. The molecule has 0 radical (unpaired) electrons. The number of amides is 2. The van der Waals surface area contributed by atoms with Crippen LogP contribution in [0.1, 0.15) is 11.1 Å². The number of carbonyl (C=O) groups is 2. The highest BCUT2D eigenvalue weighted by molar-refractivity contribution is 8.18. The zero-order chi connectivity index (χ0) is 25.4. The van der Waals surface area contributed by atoms with Crippen LogP contribution in [-0.4, -0.2) is 26.0 Å². The van der Waals surface area contributed by atoms with Crippen LogP contribution in [0.3, 0.4) is 0 Å². The van der Waals surface area contributed by atoms with Gasteiger partial charge in [-0.2, -0.15) is 9.37 Å². The van der Waals surface area contributed by atoms with Crippen molar-refractivity contribution in [3.8, 4) is 11.6 Å². The lowest BCUT2D eigenvalue weighted by Gasteiger charge is -2.13. The minimum Gasteiger partial charge on any atom is -0.436 e. The van der Waals surface area contributed by atoms with Gasteiger partial charge < -0.3 is 4.74 Å². The smallest absolute Gasteiger partial charge is 0.293 e. The molecule has 6 nitrogen and oxygen atoms in total. The quantitative estimate of drug-likeness (QED) is 0.183. The second-order valence-electron chi connectivity index (χ2n) is 7.61. The van der Waals surface area contributed by atoms with Crippen LogP contribution < -0.4 is 4.74 Å². The SMILES string of the molecule is O=C1S/C(=C/c2c(Oc3nc(Cl)ncc3F)ccc3ccccc23)C(=O)N1Cc1ccc(Cl)c(Cl)c1. The first-order valence-electron chi connectivity index (χ1n) is 10.4. The molecule has 4 aromatic rings. The highest BCUT2D eigenvalue weighted by Gasteiger charge is 2.35. The molecule has 0 atom stereocenters. The third-order valence-electron chi connectivity index (χ3n) is 5.29. The lowest BCUT2D eigenvalue weighted by Crippen LogP contribution is -2.27. The van der Waals surface area contributed by atoms with Crippen molar-refractivity contribution in [3.05, 3.63) is 98.0 Å². The number of benzene rings is 3. The molecule has 0 unspecified atom stereocenters. The molecule has 180 valence electrons. The summed E-state index contributed by atoms with van der Waals surface area (Å²) in [7, 11) is 0. The molecule has 0 aliphatic carbocycles. The fourth-order valence-electron chi connectivity index (χ4n) is 3.61. The maximum Gasteiger partial charge on any atom is 0.293 e. The molecule has 2 heterocycles. The summed E-state index contributed by atoms with van der Waals surface area (Å²) in [5.41, 5.74) is 1.13. The Morgan fingerprint density at radius 1 is 1.03 bits per heavy atom. The number of carbonyl (C=O) groups excluding carboxylic acids is 2. The molecule has 5 rings (SSSR count). The summed E-state index contributed by atoms with van der Waals surface area (Å²) in [6.45, 7) is 0.0302. The highest BCUT2D eigenvalue weighted by atomic mass is 35.5. The van der Waals surface area contributed by atoms with E-state index >= 15 is 0 Å². The maximum absolute atomic E-state index is 14.3. The summed E-state index contributed by atoms with van der Waals surface area (Å²) in [5.74, 6) is -1.43. The van der Waals surface area contributed by atoms with E-state index in [9.17, 15) is 14.0 Å². The van der Waals surface area contributed by atoms with Crippen molar-refractivity contribution in [3.63, 3.8) is 0 Å². The fourth-order valence-corrected chi connectivity index (χ4v) is 4.87. The first-order chi connectivity index (χ1) is 17.3. The van der Waals surface area contributed by atoms with Crippen LogP contribution in [0.15, 0.2) is 65.7 Å². The Hall–Kier alpha value is -3.17. The molecule has 11 heteroatoms. The molecule has 1 saturated heterocycles. The van der Waals surface area contributed by atoms with E-state index in [4.69, 9.17) is 39.5 Å². The largest absolute Gasteiger partial charge is 0.436 e. The minimum atomic E-state index is -0.805. The topological polar surface area (TPSA) is 72.4 Å². The van der Waals surface area contributed by atoms with Crippen molar-refractivity contribution in [2.24, 2.45) is 0 Å². The van der Waals surface area contributed by atoms with Crippen LogP contribution in [0, 0.1) is 5.82 Å². The normalized spacial score (nSPS) is 14.8. The van der Waals surface area contributed by atoms with E-state index in [1.807, 2.05) is 24.3 Å². The Kier molecular flexibility index (Phi) is 6.85. The zero-order valence-corrected chi connectivity index (χ0v) is 21.1. The van der Waals surface area contributed by atoms with E-state index in [2.05, 4.69) is 9.97 Å². The van der Waals surface area contributed by atoms with Crippen molar-refractivity contribution in [2.75, 3.05) is 0 Å². The Labute approximate surface area is 223 Å². The van der Waals surface area contributed by atoms with Gasteiger partial charge in [0.2, 0.25) is 11.1 Å². The number of imide groups is 1. The van der Waals surface area contributed by atoms with Gasteiger partial charge >= 0.3 is 0 Å². The van der Waals surface area contributed by atoms with Crippen LogP contribution in [0.25, 0.3) is 16.8 Å². The molecule has 1 fully saturated rings. The molecule has 2 amide bonds. The average Bonchev–Trinajstić information content (AvgIpc) is 3.12. The average molecular weight is 561 g/mol. The zero-order valence-electron chi connectivity index (χ0n) is 18.0. The molecule has 1 aliphatic rings. The number of rotatable bonds is 5. The highest BCUT2D eigenvalue weighted by Crippen LogP contribution is 2.39. The molecule has 3 aromatic carbocycles. The second kappa shape index (κ2) is 10.1. The molecule has 36 heavy (non-hydrogen) atoms. The van der Waals surface area contributed by atoms with Crippen molar-refractivity contribution in [1.82, 2.24) is 14.9 Å². The summed E-state index contributed by atoms with van der Waals surface area (Å²) >= 11 is 18.6. The van der Waals surface area contributed by atoms with Gasteiger partial charge in [-0.1, -0.05) is 59.6 Å². The first-order valence-corrected chi connectivity index (χ1v) is 12.3. The number of halogens is 4. The molecule has 0 N–H and O–H groups in total. The Morgan fingerprint density at radius 3 is 2.64 bits per heavy atom. The monoisotopic (exact) mass is 559 g/mol. The van der Waals surface area contributed by atoms with Gasteiger partial charge in [-0.15, -0.1) is 0 Å². The van der Waals surface area contributed by atoms with Crippen LogP contribution in [-0.2, 0) is 11.3 Å². The molecule has 0 bridgehead atoms. The Balaban J connectivity index is 1.54. The summed E-state index contributed by atoms with van der Waals surface area (Å²) in [6, 6.07) is 15.7. The summed E-state index contributed by atoms with van der Waals surface area (Å²) in [6.07, 6.45) is 2.46. The third-order valence-corrected chi connectivity index (χ3v) is 7.12. The van der Waals surface area contributed by atoms with E-state index in [0.717, 1.165) is 33.6 Å². The maximum atomic E-state index is 14.3. The molecular formula is C25H13Cl3FN3O3S. The summed E-state index contributed by atoms with van der Waals surface area (Å²) in [5, 5.41) is 1.66. The molecule has 1 aromatic heterocycles. The van der Waals surface area contributed by atoms with E-state index in [0.29, 0.717) is 21.2 Å². The third kappa shape index (κ3) is 4.90. The van der Waals surface area contributed by atoms with Crippen LogP contribution in [0.2, 0.25) is 15.3 Å². The summed E-state index contributed by atoms with van der Waals surface area (Å²) in [4.78, 5) is 34.6. The predicted molar refractivity (Wildman–Crippen MR) is 139 cm³/mol. The number of aromatic nitrogens is 2. The van der Waals surface area contributed by atoms with E-state index in [-0.39, 0.29) is 28.4 Å². The number of hydrogen-bond acceptors (Lipinski definition) is 6. The Morgan fingerprint density at radius 2 is 1.83 bits per heavy atom. The van der Waals surface area contributed by atoms with Gasteiger partial charge in [-0.05, 0) is 64.0 Å². The number of hydrogen-bond donors (Lipinski definition) is 0. The lowest BCUT2D eigenvalue weighted by molar-refractivity contribution is -0.123. The van der Waals surface area contributed by atoms with Gasteiger partial charge in [0.05, 0.1) is 27.7 Å².